The molecular weight excluding hydrogens is 364 g/mol. The van der Waals surface area contributed by atoms with Crippen LogP contribution in [-0.2, 0) is 11.2 Å². The lowest BCUT2D eigenvalue weighted by molar-refractivity contribution is 0.0162. The molecule has 1 amide bonds. The second kappa shape index (κ2) is 7.82. The number of halogens is 1. The van der Waals surface area contributed by atoms with Crippen molar-refractivity contribution >= 4 is 23.5 Å². The first-order valence-electron chi connectivity index (χ1n) is 9.93. The van der Waals surface area contributed by atoms with Crippen LogP contribution < -0.4 is 4.90 Å². The molecule has 0 saturated heterocycles. The lowest BCUT2D eigenvalue weighted by atomic mass is 9.86. The van der Waals surface area contributed by atoms with Crippen LogP contribution in [0.3, 0.4) is 0 Å². The highest BCUT2D eigenvalue weighted by Gasteiger charge is 2.38. The first-order valence-corrected chi connectivity index (χ1v) is 10.3. The van der Waals surface area contributed by atoms with Gasteiger partial charge in [0, 0.05) is 19.2 Å². The predicted molar refractivity (Wildman–Crippen MR) is 107 cm³/mol. The zero-order valence-electron chi connectivity index (χ0n) is 17.1. The number of hydrogen-bond acceptors (Lipinski definition) is 5. The molecule has 0 aromatic carbocycles. The second-order valence-electron chi connectivity index (χ2n) is 8.73. The molecule has 1 saturated carbocycles. The van der Waals surface area contributed by atoms with E-state index in [4.69, 9.17) is 16.3 Å². The van der Waals surface area contributed by atoms with E-state index in [1.165, 1.54) is 5.56 Å². The summed E-state index contributed by atoms with van der Waals surface area (Å²) in [7, 11) is 1.86. The Bertz CT molecular complexity index is 704. The zero-order valence-corrected chi connectivity index (χ0v) is 17.8. The Morgan fingerprint density at radius 1 is 1.22 bits per heavy atom. The molecule has 0 bridgehead atoms. The van der Waals surface area contributed by atoms with Gasteiger partial charge in [0.15, 0.2) is 11.0 Å². The van der Waals surface area contributed by atoms with Crippen molar-refractivity contribution in [1.82, 2.24) is 15.1 Å². The molecule has 0 unspecified atom stereocenters. The van der Waals surface area contributed by atoms with Crippen LogP contribution in [0.5, 0.6) is 0 Å². The van der Waals surface area contributed by atoms with Crippen LogP contribution >= 0.6 is 11.6 Å². The number of carbonyl (C=O) groups excluding carboxylic acids is 1. The van der Waals surface area contributed by atoms with Gasteiger partial charge in [0.25, 0.3) is 0 Å². The summed E-state index contributed by atoms with van der Waals surface area (Å²) in [4.78, 5) is 16.8. The van der Waals surface area contributed by atoms with E-state index in [0.717, 1.165) is 56.5 Å². The molecule has 1 aliphatic carbocycles. The first kappa shape index (κ1) is 20.2. The number of nitrogens with zero attached hydrogens (tertiary/aromatic N) is 4. The molecule has 0 radical (unpaired) electrons. The van der Waals surface area contributed by atoms with Gasteiger partial charge in [0.05, 0.1) is 12.1 Å². The number of hydrogen-bond donors (Lipinski definition) is 0. The first-order chi connectivity index (χ1) is 12.7. The third-order valence-corrected chi connectivity index (χ3v) is 5.99. The molecule has 3 rings (SSSR count). The topological polar surface area (TPSA) is 58.6 Å². The van der Waals surface area contributed by atoms with Crippen LogP contribution in [0.15, 0.2) is 0 Å². The van der Waals surface area contributed by atoms with Gasteiger partial charge in [-0.1, -0.05) is 24.4 Å². The average Bonchev–Trinajstić information content (AvgIpc) is 2.62. The van der Waals surface area contributed by atoms with E-state index in [0.29, 0.717) is 5.15 Å². The van der Waals surface area contributed by atoms with Crippen LogP contribution in [0.25, 0.3) is 0 Å². The summed E-state index contributed by atoms with van der Waals surface area (Å²) in [5.74, 6) is 0.942. The minimum absolute atomic E-state index is 0.109. The van der Waals surface area contributed by atoms with Crippen LogP contribution in [0.4, 0.5) is 10.6 Å². The molecule has 7 heteroatoms. The van der Waals surface area contributed by atoms with E-state index < -0.39 is 5.60 Å². The highest BCUT2D eigenvalue weighted by atomic mass is 35.5. The predicted octanol–water partition coefficient (Wildman–Crippen LogP) is 4.37. The van der Waals surface area contributed by atoms with Crippen molar-refractivity contribution in [3.05, 3.63) is 16.3 Å². The van der Waals surface area contributed by atoms with Gasteiger partial charge in [-0.3, -0.25) is 0 Å². The number of ether oxygens (including phenoxy) is 1. The molecule has 0 N–H and O–H groups in total. The fourth-order valence-corrected chi connectivity index (χ4v) is 4.43. The molecule has 27 heavy (non-hydrogen) atoms. The van der Waals surface area contributed by atoms with Crippen LogP contribution in [0, 0.1) is 6.92 Å². The van der Waals surface area contributed by atoms with Gasteiger partial charge in [0.2, 0.25) is 0 Å². The highest BCUT2D eigenvalue weighted by molar-refractivity contribution is 6.30. The quantitative estimate of drug-likeness (QED) is 0.745. The maximum atomic E-state index is 12.7. The van der Waals surface area contributed by atoms with Crippen molar-refractivity contribution in [3.63, 3.8) is 0 Å². The standard InChI is InChI=1S/C20H31ClN4O2/c1-13-14-9-8-12-25(18(14)23-22-17(13)21)16-11-7-6-10-15(16)24(5)19(26)27-20(2,3)4/h15-16H,6-12H2,1-5H3/t15-,16-/m1/s1. The molecule has 2 atom stereocenters. The summed E-state index contributed by atoms with van der Waals surface area (Å²) >= 11 is 6.20. The Balaban J connectivity index is 1.87. The van der Waals surface area contributed by atoms with E-state index in [1.54, 1.807) is 4.90 Å². The van der Waals surface area contributed by atoms with Crippen LogP contribution in [0.1, 0.15) is 64.0 Å². The Morgan fingerprint density at radius 2 is 1.93 bits per heavy atom. The van der Waals surface area contributed by atoms with Crippen molar-refractivity contribution in [3.8, 4) is 0 Å². The summed E-state index contributed by atoms with van der Waals surface area (Å²) < 4.78 is 5.62. The Morgan fingerprint density at radius 3 is 2.63 bits per heavy atom. The van der Waals surface area contributed by atoms with Crippen molar-refractivity contribution in [2.75, 3.05) is 18.5 Å². The number of anilines is 1. The highest BCUT2D eigenvalue weighted by Crippen LogP contribution is 2.36. The summed E-state index contributed by atoms with van der Waals surface area (Å²) in [5, 5.41) is 9.09. The molecule has 150 valence electrons. The monoisotopic (exact) mass is 394 g/mol. The molecule has 1 aliphatic heterocycles. The fourth-order valence-electron chi connectivity index (χ4n) is 4.28. The maximum Gasteiger partial charge on any atom is 0.410 e. The average molecular weight is 395 g/mol. The largest absolute Gasteiger partial charge is 0.444 e. The Hall–Kier alpha value is -1.56. The fraction of sp³-hybridized carbons (Fsp3) is 0.750. The lowest BCUT2D eigenvalue weighted by Gasteiger charge is -2.46. The zero-order chi connectivity index (χ0) is 19.8. The number of aromatic nitrogens is 2. The normalized spacial score (nSPS) is 23.0. The summed E-state index contributed by atoms with van der Waals surface area (Å²) in [5.41, 5.74) is 1.73. The lowest BCUT2D eigenvalue weighted by Crippen LogP contribution is -2.56. The summed E-state index contributed by atoms with van der Waals surface area (Å²) in [6.45, 7) is 8.66. The van der Waals surface area contributed by atoms with Crippen LogP contribution in [-0.4, -0.2) is 52.5 Å². The number of likely N-dealkylation sites (N-methyl/N-ethyl adjacent to an activating group) is 1. The number of carbonyl (C=O) groups is 1. The number of rotatable bonds is 2. The Kier molecular flexibility index (Phi) is 5.84. The van der Waals surface area contributed by atoms with E-state index in [9.17, 15) is 4.79 Å². The molecular formula is C20H31ClN4O2. The van der Waals surface area contributed by atoms with Gasteiger partial charge in [-0.05, 0) is 58.9 Å². The van der Waals surface area contributed by atoms with Gasteiger partial charge in [-0.15, -0.1) is 10.2 Å². The minimum atomic E-state index is -0.493. The molecule has 0 spiro atoms. The number of fused-ring (bicyclic) bond motifs is 1. The second-order valence-corrected chi connectivity index (χ2v) is 9.08. The van der Waals surface area contributed by atoms with Gasteiger partial charge in [0.1, 0.15) is 5.60 Å². The van der Waals surface area contributed by atoms with Gasteiger partial charge >= 0.3 is 6.09 Å². The smallest absolute Gasteiger partial charge is 0.410 e. The van der Waals surface area contributed by atoms with Crippen molar-refractivity contribution in [2.45, 2.75) is 83.9 Å². The van der Waals surface area contributed by atoms with Crippen molar-refractivity contribution in [2.24, 2.45) is 0 Å². The van der Waals surface area contributed by atoms with Crippen molar-refractivity contribution < 1.29 is 9.53 Å². The van der Waals surface area contributed by atoms with Crippen LogP contribution in [0.2, 0.25) is 5.15 Å². The maximum absolute atomic E-state index is 12.7. The van der Waals surface area contributed by atoms with E-state index in [2.05, 4.69) is 15.1 Å². The molecule has 1 aromatic rings. The SMILES string of the molecule is Cc1c(Cl)nnc2c1CCCN2[C@@H]1CCCC[C@H]1N(C)C(=O)OC(C)(C)C. The van der Waals surface area contributed by atoms with Gasteiger partial charge in [-0.25, -0.2) is 4.79 Å². The summed E-state index contributed by atoms with van der Waals surface area (Å²) in [6.07, 6.45) is 6.10. The molecule has 1 fully saturated rings. The minimum Gasteiger partial charge on any atom is -0.444 e. The van der Waals surface area contributed by atoms with Crippen molar-refractivity contribution in [1.29, 1.82) is 0 Å². The molecule has 1 aromatic heterocycles. The molecule has 6 nitrogen and oxygen atoms in total. The van der Waals surface area contributed by atoms with Gasteiger partial charge in [-0.2, -0.15) is 0 Å². The summed E-state index contributed by atoms with van der Waals surface area (Å²) in [6, 6.07) is 0.336. The number of amides is 1. The van der Waals surface area contributed by atoms with E-state index in [-0.39, 0.29) is 18.2 Å². The van der Waals surface area contributed by atoms with E-state index >= 15 is 0 Å². The molecule has 2 heterocycles. The third-order valence-electron chi connectivity index (χ3n) is 5.64. The Labute approximate surface area is 167 Å². The molecule has 2 aliphatic rings. The third kappa shape index (κ3) is 4.31. The van der Waals surface area contributed by atoms with E-state index in [1.807, 2.05) is 34.7 Å². The van der Waals surface area contributed by atoms with Gasteiger partial charge < -0.3 is 14.5 Å².